The zero-order valence-electron chi connectivity index (χ0n) is 22.6. The molecule has 0 aromatic heterocycles. The second kappa shape index (κ2) is 10.5. The maximum absolute atomic E-state index is 13.5. The first-order valence-corrected chi connectivity index (χ1v) is 13.2. The van der Waals surface area contributed by atoms with Crippen LogP contribution in [0.1, 0.15) is 53.9 Å². The van der Waals surface area contributed by atoms with Gasteiger partial charge in [-0.15, -0.1) is 0 Å². The van der Waals surface area contributed by atoms with Gasteiger partial charge in [-0.25, -0.2) is 9.59 Å². The number of esters is 1. The second-order valence-electron chi connectivity index (χ2n) is 11.1. The molecule has 5 rings (SSSR count). The Balaban J connectivity index is 1.34. The van der Waals surface area contributed by atoms with Crippen LogP contribution in [0.4, 0.5) is 23.7 Å². The molecule has 0 saturated carbocycles. The fourth-order valence-electron chi connectivity index (χ4n) is 5.10. The summed E-state index contributed by atoms with van der Waals surface area (Å²) in [5.74, 6) is -0.456. The molecule has 0 spiro atoms. The molecule has 2 aliphatic rings. The van der Waals surface area contributed by atoms with Gasteiger partial charge in [0.25, 0.3) is 0 Å². The average Bonchev–Trinajstić information content (AvgIpc) is 3.22. The minimum atomic E-state index is -4.47. The summed E-state index contributed by atoms with van der Waals surface area (Å²) >= 11 is 0. The molecular formula is C31H31F3N2O4. The molecule has 1 unspecified atom stereocenters. The van der Waals surface area contributed by atoms with Crippen LogP contribution >= 0.6 is 0 Å². The number of carbonyl (C=O) groups is 2. The summed E-state index contributed by atoms with van der Waals surface area (Å²) in [5, 5.41) is 0. The number of rotatable bonds is 4. The number of alkyl halides is 3. The Hall–Kier alpha value is -4.01. The summed E-state index contributed by atoms with van der Waals surface area (Å²) < 4.78 is 51.6. The summed E-state index contributed by atoms with van der Waals surface area (Å²) in [6, 6.07) is 18.2. The molecule has 210 valence electrons. The van der Waals surface area contributed by atoms with E-state index >= 15 is 0 Å². The molecule has 0 radical (unpaired) electrons. The Morgan fingerprint density at radius 1 is 0.925 bits per heavy atom. The van der Waals surface area contributed by atoms with E-state index in [1.807, 2.05) is 32.9 Å². The van der Waals surface area contributed by atoms with Crippen LogP contribution in [-0.2, 0) is 22.1 Å². The number of ether oxygens (including phenoxy) is 2. The maximum Gasteiger partial charge on any atom is 0.416 e. The summed E-state index contributed by atoms with van der Waals surface area (Å²) in [7, 11) is 0. The second-order valence-corrected chi connectivity index (χ2v) is 11.1. The molecule has 3 aromatic carbocycles. The molecule has 1 fully saturated rings. The van der Waals surface area contributed by atoms with Gasteiger partial charge in [0, 0.05) is 43.9 Å². The molecule has 0 bridgehead atoms. The molecule has 1 atom stereocenters. The molecule has 0 N–H and O–H groups in total. The molecule has 2 aliphatic heterocycles. The molecule has 1 amide bonds. The van der Waals surface area contributed by atoms with Crippen molar-refractivity contribution >= 4 is 17.7 Å². The highest BCUT2D eigenvalue weighted by Gasteiger charge is 2.35. The molecule has 2 heterocycles. The number of carbonyl (C=O) groups excluding carboxylic acids is 2. The number of nitrogens with zero attached hydrogens (tertiary/aromatic N) is 2. The molecule has 6 nitrogen and oxygen atoms in total. The minimum absolute atomic E-state index is 0.245. The number of anilines is 1. The standard InChI is InChI=1S/C31H31F3N2O4/c1-30(2,3)40-29(38)36-15-13-35(14-16-36)23-11-12-24-26(19-23)28(37)39-27(24)17-21-9-10-22(31(32,33)34)18-25(21)20-7-5-4-6-8-20/h4-12,18-19,27H,13-17H2,1-3H3. The van der Waals surface area contributed by atoms with Crippen molar-refractivity contribution in [1.29, 1.82) is 0 Å². The predicted octanol–water partition coefficient (Wildman–Crippen LogP) is 6.88. The molecular weight excluding hydrogens is 521 g/mol. The highest BCUT2D eigenvalue weighted by Crippen LogP contribution is 2.39. The first-order valence-electron chi connectivity index (χ1n) is 13.2. The van der Waals surface area contributed by atoms with Crippen molar-refractivity contribution in [3.63, 3.8) is 0 Å². The normalized spacial score (nSPS) is 17.4. The number of halogens is 3. The Labute approximate surface area is 231 Å². The van der Waals surface area contributed by atoms with Crippen molar-refractivity contribution in [3.05, 3.63) is 89.0 Å². The van der Waals surface area contributed by atoms with Crippen LogP contribution in [-0.4, -0.2) is 48.7 Å². The van der Waals surface area contributed by atoms with Crippen molar-refractivity contribution in [2.75, 3.05) is 31.1 Å². The number of hydrogen-bond acceptors (Lipinski definition) is 5. The lowest BCUT2D eigenvalue weighted by Crippen LogP contribution is -2.50. The van der Waals surface area contributed by atoms with E-state index in [1.54, 1.807) is 41.3 Å². The van der Waals surface area contributed by atoms with E-state index in [0.717, 1.165) is 17.8 Å². The van der Waals surface area contributed by atoms with E-state index in [-0.39, 0.29) is 12.5 Å². The van der Waals surface area contributed by atoms with Gasteiger partial charge < -0.3 is 19.3 Å². The van der Waals surface area contributed by atoms with Crippen LogP contribution < -0.4 is 4.90 Å². The van der Waals surface area contributed by atoms with E-state index in [1.165, 1.54) is 6.07 Å². The highest BCUT2D eigenvalue weighted by atomic mass is 19.4. The molecule has 3 aromatic rings. The van der Waals surface area contributed by atoms with Gasteiger partial charge >= 0.3 is 18.2 Å². The lowest BCUT2D eigenvalue weighted by Gasteiger charge is -2.36. The lowest BCUT2D eigenvalue weighted by atomic mass is 9.91. The first-order chi connectivity index (χ1) is 18.9. The van der Waals surface area contributed by atoms with E-state index in [2.05, 4.69) is 4.90 Å². The lowest BCUT2D eigenvalue weighted by molar-refractivity contribution is -0.137. The van der Waals surface area contributed by atoms with Crippen molar-refractivity contribution in [2.45, 2.75) is 45.1 Å². The largest absolute Gasteiger partial charge is 0.454 e. The van der Waals surface area contributed by atoms with Gasteiger partial charge in [-0.1, -0.05) is 42.5 Å². The highest BCUT2D eigenvalue weighted by molar-refractivity contribution is 5.95. The Kier molecular flexibility index (Phi) is 7.25. The Bertz CT molecular complexity index is 1410. The number of cyclic esters (lactones) is 1. The van der Waals surface area contributed by atoms with Crippen molar-refractivity contribution in [3.8, 4) is 11.1 Å². The maximum atomic E-state index is 13.5. The number of amides is 1. The molecule has 1 saturated heterocycles. The monoisotopic (exact) mass is 552 g/mol. The fourth-order valence-corrected chi connectivity index (χ4v) is 5.10. The third kappa shape index (κ3) is 5.93. The number of fused-ring (bicyclic) bond motifs is 1. The number of piperazine rings is 1. The topological polar surface area (TPSA) is 59.1 Å². The number of hydrogen-bond donors (Lipinski definition) is 0. The quantitative estimate of drug-likeness (QED) is 0.330. The average molecular weight is 553 g/mol. The van der Waals surface area contributed by atoms with Crippen molar-refractivity contribution < 1.29 is 32.2 Å². The third-order valence-corrected chi connectivity index (χ3v) is 7.08. The smallest absolute Gasteiger partial charge is 0.416 e. The van der Waals surface area contributed by atoms with E-state index < -0.39 is 29.4 Å². The summed E-state index contributed by atoms with van der Waals surface area (Å²) in [6.45, 7) is 7.66. The van der Waals surface area contributed by atoms with Gasteiger partial charge in [-0.05, 0) is 61.7 Å². The van der Waals surface area contributed by atoms with Gasteiger partial charge in [0.05, 0.1) is 11.1 Å². The van der Waals surface area contributed by atoms with Crippen LogP contribution in [0.5, 0.6) is 0 Å². The van der Waals surface area contributed by atoms with E-state index in [0.29, 0.717) is 54.0 Å². The first kappa shape index (κ1) is 27.6. The van der Waals surface area contributed by atoms with Crippen LogP contribution in [0, 0.1) is 0 Å². The Morgan fingerprint density at radius 3 is 2.27 bits per heavy atom. The zero-order chi connectivity index (χ0) is 28.7. The fraction of sp³-hybridized carbons (Fsp3) is 0.355. The van der Waals surface area contributed by atoms with Crippen LogP contribution in [0.2, 0.25) is 0 Å². The molecule has 9 heteroatoms. The zero-order valence-corrected chi connectivity index (χ0v) is 22.6. The van der Waals surface area contributed by atoms with Crippen LogP contribution in [0.3, 0.4) is 0 Å². The van der Waals surface area contributed by atoms with Gasteiger partial charge in [0.15, 0.2) is 0 Å². The third-order valence-electron chi connectivity index (χ3n) is 7.08. The van der Waals surface area contributed by atoms with Gasteiger partial charge in [-0.3, -0.25) is 0 Å². The predicted molar refractivity (Wildman–Crippen MR) is 145 cm³/mol. The minimum Gasteiger partial charge on any atom is -0.454 e. The van der Waals surface area contributed by atoms with Crippen molar-refractivity contribution in [1.82, 2.24) is 4.90 Å². The number of benzene rings is 3. The van der Waals surface area contributed by atoms with Gasteiger partial charge in [0.2, 0.25) is 0 Å². The van der Waals surface area contributed by atoms with E-state index in [4.69, 9.17) is 9.47 Å². The van der Waals surface area contributed by atoms with Crippen molar-refractivity contribution in [2.24, 2.45) is 0 Å². The summed E-state index contributed by atoms with van der Waals surface area (Å²) in [6.07, 6.45) is -5.18. The molecule has 0 aliphatic carbocycles. The van der Waals surface area contributed by atoms with Gasteiger partial charge in [0.1, 0.15) is 11.7 Å². The van der Waals surface area contributed by atoms with Crippen LogP contribution in [0.25, 0.3) is 11.1 Å². The Morgan fingerprint density at radius 2 is 1.62 bits per heavy atom. The van der Waals surface area contributed by atoms with E-state index in [9.17, 15) is 22.8 Å². The molecule has 40 heavy (non-hydrogen) atoms. The van der Waals surface area contributed by atoms with Gasteiger partial charge in [-0.2, -0.15) is 13.2 Å². The summed E-state index contributed by atoms with van der Waals surface area (Å²) in [5.41, 5.74) is 2.49. The summed E-state index contributed by atoms with van der Waals surface area (Å²) in [4.78, 5) is 29.0. The van der Waals surface area contributed by atoms with Crippen LogP contribution in [0.15, 0.2) is 66.7 Å². The SMILES string of the molecule is CC(C)(C)OC(=O)N1CCN(c2ccc3c(c2)C(=O)OC3Cc2ccc(C(F)(F)F)cc2-c2ccccc2)CC1.